The lowest BCUT2D eigenvalue weighted by Crippen LogP contribution is -2.34. The van der Waals surface area contributed by atoms with Gasteiger partial charge in [0.2, 0.25) is 5.91 Å². The number of hydrogen-bond donors (Lipinski definition) is 2. The Morgan fingerprint density at radius 2 is 1.74 bits per heavy atom. The lowest BCUT2D eigenvalue weighted by molar-refractivity contribution is -0.154. The van der Waals surface area contributed by atoms with Crippen molar-refractivity contribution in [2.75, 3.05) is 18.0 Å². The Hall–Kier alpha value is -4.06. The molecule has 1 aliphatic rings. The number of piperidine rings is 1. The van der Waals surface area contributed by atoms with Gasteiger partial charge in [-0.15, -0.1) is 0 Å². The lowest BCUT2D eigenvalue weighted by Gasteiger charge is -2.33. The van der Waals surface area contributed by atoms with Crippen molar-refractivity contribution in [1.82, 2.24) is 10.3 Å². The molecule has 6 heteroatoms. The maximum Gasteiger partial charge on any atom is 0.306 e. The summed E-state index contributed by atoms with van der Waals surface area (Å²) in [6, 6.07) is 22.7. The number of nitrogens with one attached hydrogen (secondary N) is 2. The van der Waals surface area contributed by atoms with Gasteiger partial charge in [-0.25, -0.2) is 0 Å². The predicted octanol–water partition coefficient (Wildman–Crippen LogP) is 7.19. The number of benzene rings is 3. The fraction of sp³-hybridized carbons (Fsp3) is 0.389. The standard InChI is InChI=1S/C36H43N3O3/c1-25-13-17-32(39-19-9-6-10-20-39)30(21-25)35(27-11-7-5-8-12-27)38-33(40)23-26-14-16-31-29(22-26)28(24-37-31)15-18-34(41)42-36(2,3)4/h5,7-8,11-14,16-17,21-22,24,35,37H,6,9-10,15,18-20,23H2,1-4H3,(H,38,40). The monoisotopic (exact) mass is 565 g/mol. The van der Waals surface area contributed by atoms with Crippen LogP contribution in [0.15, 0.2) is 72.9 Å². The third-order valence-electron chi connectivity index (χ3n) is 7.84. The van der Waals surface area contributed by atoms with Gasteiger partial charge in [-0.3, -0.25) is 9.59 Å². The van der Waals surface area contributed by atoms with Crippen molar-refractivity contribution in [3.8, 4) is 0 Å². The smallest absolute Gasteiger partial charge is 0.306 e. The molecule has 1 amide bonds. The summed E-state index contributed by atoms with van der Waals surface area (Å²) in [4.78, 5) is 31.7. The van der Waals surface area contributed by atoms with E-state index in [9.17, 15) is 9.59 Å². The van der Waals surface area contributed by atoms with Crippen LogP contribution >= 0.6 is 0 Å². The summed E-state index contributed by atoms with van der Waals surface area (Å²) in [5, 5.41) is 4.43. The number of carbonyl (C=O) groups is 2. The Morgan fingerprint density at radius 3 is 2.48 bits per heavy atom. The average Bonchev–Trinajstić information content (AvgIpc) is 3.37. The summed E-state index contributed by atoms with van der Waals surface area (Å²) >= 11 is 0. The number of carbonyl (C=O) groups excluding carboxylic acids is 2. The van der Waals surface area contributed by atoms with E-state index in [1.165, 1.54) is 30.5 Å². The highest BCUT2D eigenvalue weighted by Gasteiger charge is 2.24. The molecule has 42 heavy (non-hydrogen) atoms. The van der Waals surface area contributed by atoms with E-state index in [4.69, 9.17) is 4.74 Å². The molecule has 4 aromatic rings. The Balaban J connectivity index is 1.36. The van der Waals surface area contributed by atoms with Crippen LogP contribution in [0.4, 0.5) is 5.69 Å². The van der Waals surface area contributed by atoms with Crippen LogP contribution in [0.2, 0.25) is 0 Å². The zero-order valence-electron chi connectivity index (χ0n) is 25.3. The number of esters is 1. The van der Waals surface area contributed by atoms with Gasteiger partial charge in [-0.1, -0.05) is 54.1 Å². The predicted molar refractivity (Wildman–Crippen MR) is 170 cm³/mol. The SMILES string of the molecule is Cc1ccc(N2CCCCC2)c(C(NC(=O)Cc2ccc3[nH]cc(CCC(=O)OC(C)(C)C)c3c2)c2ccccc2)c1. The van der Waals surface area contributed by atoms with E-state index in [2.05, 4.69) is 58.5 Å². The van der Waals surface area contributed by atoms with Gasteiger partial charge in [0, 0.05) is 47.9 Å². The summed E-state index contributed by atoms with van der Waals surface area (Å²) in [6.45, 7) is 9.83. The van der Waals surface area contributed by atoms with Gasteiger partial charge in [-0.2, -0.15) is 0 Å². The van der Waals surface area contributed by atoms with Gasteiger partial charge in [0.1, 0.15) is 5.60 Å². The first-order valence-electron chi connectivity index (χ1n) is 15.2. The number of amides is 1. The van der Waals surface area contributed by atoms with Crippen LogP contribution < -0.4 is 10.2 Å². The summed E-state index contributed by atoms with van der Waals surface area (Å²) in [5.74, 6) is -0.237. The van der Waals surface area contributed by atoms with Crippen LogP contribution in [0.5, 0.6) is 0 Å². The number of ether oxygens (including phenoxy) is 1. The number of hydrogen-bond acceptors (Lipinski definition) is 4. The molecule has 1 saturated heterocycles. The number of aryl methyl sites for hydroxylation is 2. The number of fused-ring (bicyclic) bond motifs is 1. The van der Waals surface area contributed by atoms with Gasteiger partial charge in [0.15, 0.2) is 0 Å². The maximum absolute atomic E-state index is 13.7. The molecule has 6 nitrogen and oxygen atoms in total. The summed E-state index contributed by atoms with van der Waals surface area (Å²) in [6.07, 6.45) is 6.75. The van der Waals surface area contributed by atoms with E-state index in [0.29, 0.717) is 12.8 Å². The topological polar surface area (TPSA) is 74.4 Å². The Bertz CT molecular complexity index is 1530. The Labute approximate surface area is 249 Å². The molecule has 0 radical (unpaired) electrons. The first-order chi connectivity index (χ1) is 20.2. The molecule has 2 N–H and O–H groups in total. The van der Waals surface area contributed by atoms with Gasteiger partial charge < -0.3 is 19.9 Å². The van der Waals surface area contributed by atoms with E-state index in [-0.39, 0.29) is 24.3 Å². The molecule has 0 aliphatic carbocycles. The molecule has 2 heterocycles. The summed E-state index contributed by atoms with van der Waals surface area (Å²) in [5.41, 5.74) is 7.07. The van der Waals surface area contributed by atoms with E-state index in [0.717, 1.165) is 46.2 Å². The highest BCUT2D eigenvalue weighted by molar-refractivity contribution is 5.87. The second-order valence-corrected chi connectivity index (χ2v) is 12.5. The average molecular weight is 566 g/mol. The first-order valence-corrected chi connectivity index (χ1v) is 15.2. The third kappa shape index (κ3) is 7.41. The molecule has 1 atom stereocenters. The number of anilines is 1. The molecule has 1 fully saturated rings. The number of aromatic nitrogens is 1. The number of aromatic amines is 1. The number of H-pyrrole nitrogens is 1. The minimum atomic E-state index is -0.498. The molecule has 1 aliphatic heterocycles. The molecule has 5 rings (SSSR count). The fourth-order valence-corrected chi connectivity index (χ4v) is 5.88. The normalized spacial score (nSPS) is 14.5. The Morgan fingerprint density at radius 1 is 0.976 bits per heavy atom. The minimum Gasteiger partial charge on any atom is -0.460 e. The zero-order chi connectivity index (χ0) is 29.7. The second kappa shape index (κ2) is 12.8. The maximum atomic E-state index is 13.7. The Kier molecular flexibility index (Phi) is 9.00. The molecule has 1 unspecified atom stereocenters. The summed E-state index contributed by atoms with van der Waals surface area (Å²) < 4.78 is 5.48. The fourth-order valence-electron chi connectivity index (χ4n) is 5.88. The van der Waals surface area contributed by atoms with Crippen LogP contribution in [-0.2, 0) is 27.2 Å². The van der Waals surface area contributed by atoms with Crippen LogP contribution in [0.25, 0.3) is 10.9 Å². The van der Waals surface area contributed by atoms with Crippen molar-refractivity contribution < 1.29 is 14.3 Å². The van der Waals surface area contributed by atoms with Crippen molar-refractivity contribution in [3.63, 3.8) is 0 Å². The van der Waals surface area contributed by atoms with Crippen molar-refractivity contribution in [2.24, 2.45) is 0 Å². The molecular weight excluding hydrogens is 522 g/mol. The van der Waals surface area contributed by atoms with E-state index in [1.807, 2.05) is 57.3 Å². The van der Waals surface area contributed by atoms with Crippen LogP contribution in [0.1, 0.15) is 80.3 Å². The summed E-state index contributed by atoms with van der Waals surface area (Å²) in [7, 11) is 0. The van der Waals surface area contributed by atoms with Gasteiger partial charge in [0.05, 0.1) is 12.5 Å². The lowest BCUT2D eigenvalue weighted by atomic mass is 9.94. The molecule has 0 saturated carbocycles. The van der Waals surface area contributed by atoms with Crippen molar-refractivity contribution in [1.29, 1.82) is 0 Å². The van der Waals surface area contributed by atoms with Gasteiger partial charge in [0.25, 0.3) is 0 Å². The van der Waals surface area contributed by atoms with Crippen molar-refractivity contribution in [3.05, 3.63) is 101 Å². The minimum absolute atomic E-state index is 0.0276. The molecular formula is C36H43N3O3. The molecule has 0 bridgehead atoms. The van der Waals surface area contributed by atoms with Gasteiger partial charge in [-0.05, 0) is 88.3 Å². The number of rotatable bonds is 9. The largest absolute Gasteiger partial charge is 0.460 e. The first kappa shape index (κ1) is 29.4. The van der Waals surface area contributed by atoms with Crippen molar-refractivity contribution >= 4 is 28.5 Å². The van der Waals surface area contributed by atoms with Gasteiger partial charge >= 0.3 is 5.97 Å². The number of nitrogens with zero attached hydrogens (tertiary/aromatic N) is 1. The molecule has 0 spiro atoms. The highest BCUT2D eigenvalue weighted by Crippen LogP contribution is 2.34. The molecule has 220 valence electrons. The van der Waals surface area contributed by atoms with E-state index >= 15 is 0 Å². The second-order valence-electron chi connectivity index (χ2n) is 12.5. The molecule has 1 aromatic heterocycles. The van der Waals surface area contributed by atoms with E-state index < -0.39 is 5.60 Å². The van der Waals surface area contributed by atoms with Crippen LogP contribution in [0, 0.1) is 6.92 Å². The zero-order valence-corrected chi connectivity index (χ0v) is 25.3. The molecule has 3 aromatic carbocycles. The van der Waals surface area contributed by atoms with Crippen LogP contribution in [0.3, 0.4) is 0 Å². The quantitative estimate of drug-likeness (QED) is 0.211. The highest BCUT2D eigenvalue weighted by atomic mass is 16.6. The van der Waals surface area contributed by atoms with E-state index in [1.54, 1.807) is 0 Å². The third-order valence-corrected chi connectivity index (χ3v) is 7.84. The van der Waals surface area contributed by atoms with Crippen molar-refractivity contribution in [2.45, 2.75) is 77.9 Å². The van der Waals surface area contributed by atoms with Crippen LogP contribution in [-0.4, -0.2) is 35.6 Å².